The van der Waals surface area contributed by atoms with Crippen LogP contribution in [0.1, 0.15) is 20.3 Å². The third-order valence-electron chi connectivity index (χ3n) is 4.94. The van der Waals surface area contributed by atoms with Gasteiger partial charge in [-0.2, -0.15) is 0 Å². The summed E-state index contributed by atoms with van der Waals surface area (Å²) >= 11 is 0. The van der Waals surface area contributed by atoms with E-state index < -0.39 is 6.10 Å². The van der Waals surface area contributed by atoms with Gasteiger partial charge in [-0.25, -0.2) is 0 Å². The second kappa shape index (κ2) is 10.5. The fourth-order valence-electron chi connectivity index (χ4n) is 3.32. The zero-order valence-electron chi connectivity index (χ0n) is 18.5. The first-order valence-electron chi connectivity index (χ1n) is 10.9. The lowest BCUT2D eigenvalue weighted by atomic mass is 10.2. The van der Waals surface area contributed by atoms with Gasteiger partial charge in [-0.3, -0.25) is 4.79 Å². The summed E-state index contributed by atoms with van der Waals surface area (Å²) in [4.78, 5) is 13.0. The Labute approximate surface area is 192 Å². The van der Waals surface area contributed by atoms with Crippen LogP contribution in [-0.4, -0.2) is 28.8 Å². The van der Waals surface area contributed by atoms with E-state index in [-0.39, 0.29) is 5.91 Å². The minimum absolute atomic E-state index is 0.269. The SMILES string of the molecule is CCOc1ccccc1NC(=O)[C@H](CC)Oc1ccccc1-c1nnc(-c2ccccc2)o1. The normalized spacial score (nSPS) is 11.6. The minimum Gasteiger partial charge on any atom is -0.492 e. The molecule has 0 radical (unpaired) electrons. The molecule has 1 atom stereocenters. The van der Waals surface area contributed by atoms with Gasteiger partial charge >= 0.3 is 0 Å². The second-order valence-electron chi connectivity index (χ2n) is 7.21. The highest BCUT2D eigenvalue weighted by Crippen LogP contribution is 2.32. The van der Waals surface area contributed by atoms with Gasteiger partial charge in [-0.1, -0.05) is 49.4 Å². The summed E-state index contributed by atoms with van der Waals surface area (Å²) in [6, 6.07) is 24.2. The lowest BCUT2D eigenvalue weighted by Crippen LogP contribution is -2.32. The number of amides is 1. The van der Waals surface area contributed by atoms with Gasteiger partial charge < -0.3 is 19.2 Å². The molecule has 0 bridgehead atoms. The van der Waals surface area contributed by atoms with Crippen molar-refractivity contribution in [3.63, 3.8) is 0 Å². The summed E-state index contributed by atoms with van der Waals surface area (Å²) in [7, 11) is 0. The summed E-state index contributed by atoms with van der Waals surface area (Å²) in [5, 5.41) is 11.3. The van der Waals surface area contributed by atoms with E-state index in [0.29, 0.717) is 47.6 Å². The maximum Gasteiger partial charge on any atom is 0.265 e. The topological polar surface area (TPSA) is 86.5 Å². The average molecular weight is 444 g/mol. The zero-order chi connectivity index (χ0) is 23.0. The monoisotopic (exact) mass is 443 g/mol. The molecule has 1 aromatic heterocycles. The maximum absolute atomic E-state index is 13.0. The van der Waals surface area contributed by atoms with E-state index in [4.69, 9.17) is 13.9 Å². The van der Waals surface area contributed by atoms with Crippen molar-refractivity contribution in [2.75, 3.05) is 11.9 Å². The Bertz CT molecular complexity index is 1210. The molecule has 33 heavy (non-hydrogen) atoms. The van der Waals surface area contributed by atoms with Gasteiger partial charge in [0.2, 0.25) is 5.89 Å². The molecular formula is C26H25N3O4. The highest BCUT2D eigenvalue weighted by Gasteiger charge is 2.23. The average Bonchev–Trinajstić information content (AvgIpc) is 3.35. The predicted octanol–water partition coefficient (Wildman–Crippen LogP) is 5.60. The van der Waals surface area contributed by atoms with Crippen molar-refractivity contribution in [3.05, 3.63) is 78.9 Å². The molecule has 0 aliphatic heterocycles. The third-order valence-corrected chi connectivity index (χ3v) is 4.94. The Kier molecular flexibility index (Phi) is 6.99. The van der Waals surface area contributed by atoms with Gasteiger partial charge in [0.15, 0.2) is 6.10 Å². The van der Waals surface area contributed by atoms with Crippen LogP contribution < -0.4 is 14.8 Å². The summed E-state index contributed by atoms with van der Waals surface area (Å²) in [6.45, 7) is 4.29. The number of benzene rings is 3. The molecule has 168 valence electrons. The third kappa shape index (κ3) is 5.20. The van der Waals surface area contributed by atoms with E-state index in [1.165, 1.54) is 0 Å². The molecule has 7 nitrogen and oxygen atoms in total. The van der Waals surface area contributed by atoms with Crippen LogP contribution in [0.15, 0.2) is 83.3 Å². The van der Waals surface area contributed by atoms with Crippen LogP contribution in [0.3, 0.4) is 0 Å². The molecule has 1 amide bonds. The number of carbonyl (C=O) groups is 1. The van der Waals surface area contributed by atoms with E-state index in [2.05, 4.69) is 15.5 Å². The van der Waals surface area contributed by atoms with Gasteiger partial charge in [0, 0.05) is 5.56 Å². The van der Waals surface area contributed by atoms with E-state index in [1.807, 2.05) is 80.6 Å². The molecule has 0 aliphatic rings. The van der Waals surface area contributed by atoms with Crippen LogP contribution >= 0.6 is 0 Å². The molecule has 0 spiro atoms. The van der Waals surface area contributed by atoms with Crippen molar-refractivity contribution < 1.29 is 18.7 Å². The molecular weight excluding hydrogens is 418 g/mol. The molecule has 0 fully saturated rings. The fourth-order valence-corrected chi connectivity index (χ4v) is 3.32. The summed E-state index contributed by atoms with van der Waals surface area (Å²) in [5.41, 5.74) is 2.05. The van der Waals surface area contributed by atoms with Gasteiger partial charge in [0.05, 0.1) is 17.9 Å². The number of nitrogens with one attached hydrogen (secondary N) is 1. The highest BCUT2D eigenvalue weighted by molar-refractivity contribution is 5.95. The van der Waals surface area contributed by atoms with Crippen molar-refractivity contribution in [2.24, 2.45) is 0 Å². The van der Waals surface area contributed by atoms with Gasteiger partial charge in [0.25, 0.3) is 11.8 Å². The number of hydrogen-bond acceptors (Lipinski definition) is 6. The van der Waals surface area contributed by atoms with E-state index in [1.54, 1.807) is 12.1 Å². The molecule has 1 N–H and O–H groups in total. The van der Waals surface area contributed by atoms with Gasteiger partial charge in [0.1, 0.15) is 11.5 Å². The standard InChI is InChI=1S/C26H25N3O4/c1-3-21(24(30)27-20-15-9-11-17-23(20)31-4-2)32-22-16-10-8-14-19(22)26-29-28-25(33-26)18-12-6-5-7-13-18/h5-17,21H,3-4H2,1-2H3,(H,27,30)/t21-/m0/s1. The van der Waals surface area contributed by atoms with Gasteiger partial charge in [-0.15, -0.1) is 10.2 Å². The lowest BCUT2D eigenvalue weighted by Gasteiger charge is -2.19. The molecule has 1 heterocycles. The number of anilines is 1. The molecule has 0 saturated heterocycles. The van der Waals surface area contributed by atoms with Crippen LogP contribution in [0.4, 0.5) is 5.69 Å². The largest absolute Gasteiger partial charge is 0.492 e. The number of ether oxygens (including phenoxy) is 2. The zero-order valence-corrected chi connectivity index (χ0v) is 18.5. The second-order valence-corrected chi connectivity index (χ2v) is 7.21. The van der Waals surface area contributed by atoms with Crippen molar-refractivity contribution in [1.29, 1.82) is 0 Å². The van der Waals surface area contributed by atoms with Crippen LogP contribution in [0.2, 0.25) is 0 Å². The molecule has 0 aliphatic carbocycles. The molecule has 3 aromatic carbocycles. The van der Waals surface area contributed by atoms with Crippen LogP contribution in [0.25, 0.3) is 22.9 Å². The molecule has 0 saturated carbocycles. The number of rotatable bonds is 9. The first kappa shape index (κ1) is 22.1. The highest BCUT2D eigenvalue weighted by atomic mass is 16.5. The maximum atomic E-state index is 13.0. The number of para-hydroxylation sites is 3. The first-order chi connectivity index (χ1) is 16.2. The van der Waals surface area contributed by atoms with E-state index in [0.717, 1.165) is 5.56 Å². The summed E-state index contributed by atoms with van der Waals surface area (Å²) in [5.74, 6) is 1.57. The van der Waals surface area contributed by atoms with Crippen LogP contribution in [0.5, 0.6) is 11.5 Å². The molecule has 0 unspecified atom stereocenters. The Balaban J connectivity index is 1.54. The van der Waals surface area contributed by atoms with Crippen molar-refractivity contribution in [2.45, 2.75) is 26.4 Å². The van der Waals surface area contributed by atoms with Crippen molar-refractivity contribution in [3.8, 4) is 34.4 Å². The van der Waals surface area contributed by atoms with Gasteiger partial charge in [-0.05, 0) is 49.7 Å². The minimum atomic E-state index is -0.725. The molecule has 4 rings (SSSR count). The van der Waals surface area contributed by atoms with E-state index in [9.17, 15) is 4.79 Å². The number of nitrogens with zero attached hydrogens (tertiary/aromatic N) is 2. The van der Waals surface area contributed by atoms with Crippen LogP contribution in [0, 0.1) is 0 Å². The predicted molar refractivity (Wildman–Crippen MR) is 126 cm³/mol. The Morgan fingerprint density at radius 1 is 0.879 bits per heavy atom. The molecule has 7 heteroatoms. The fraction of sp³-hybridized carbons (Fsp3) is 0.192. The summed E-state index contributed by atoms with van der Waals surface area (Å²) in [6.07, 6.45) is -0.256. The number of carbonyl (C=O) groups excluding carboxylic acids is 1. The van der Waals surface area contributed by atoms with Crippen molar-refractivity contribution in [1.82, 2.24) is 10.2 Å². The first-order valence-corrected chi connectivity index (χ1v) is 10.9. The van der Waals surface area contributed by atoms with E-state index >= 15 is 0 Å². The lowest BCUT2D eigenvalue weighted by molar-refractivity contribution is -0.122. The smallest absolute Gasteiger partial charge is 0.265 e. The number of aromatic nitrogens is 2. The Hall–Kier alpha value is -4.13. The number of hydrogen-bond donors (Lipinski definition) is 1. The Morgan fingerprint density at radius 2 is 1.55 bits per heavy atom. The summed E-state index contributed by atoms with van der Waals surface area (Å²) < 4.78 is 17.6. The van der Waals surface area contributed by atoms with Crippen molar-refractivity contribution >= 4 is 11.6 Å². The Morgan fingerprint density at radius 3 is 2.30 bits per heavy atom. The van der Waals surface area contributed by atoms with Crippen LogP contribution in [-0.2, 0) is 4.79 Å². The molecule has 4 aromatic rings. The quantitative estimate of drug-likeness (QED) is 0.362.